The molecule has 2 atom stereocenters. The SMILES string of the molecule is C[C@H](N)C(=O)N[C@]1(c2ccc(C(F)(F)F)cc2C#N)CCNC1.Cl. The van der Waals surface area contributed by atoms with Crippen LogP contribution in [0.2, 0.25) is 0 Å². The number of rotatable bonds is 3. The van der Waals surface area contributed by atoms with E-state index in [-0.39, 0.29) is 18.0 Å². The fourth-order valence-corrected chi connectivity index (χ4v) is 2.68. The van der Waals surface area contributed by atoms with Crippen molar-refractivity contribution in [2.24, 2.45) is 5.73 Å². The van der Waals surface area contributed by atoms with Crippen LogP contribution in [0.4, 0.5) is 13.2 Å². The third-order valence-corrected chi connectivity index (χ3v) is 3.91. The summed E-state index contributed by atoms with van der Waals surface area (Å²) in [5.74, 6) is -0.419. The van der Waals surface area contributed by atoms with Gasteiger partial charge in [0.15, 0.2) is 0 Å². The van der Waals surface area contributed by atoms with Crippen molar-refractivity contribution in [2.45, 2.75) is 31.1 Å². The van der Waals surface area contributed by atoms with Crippen LogP contribution in [-0.2, 0) is 16.5 Å². The molecule has 1 aromatic carbocycles. The van der Waals surface area contributed by atoms with Crippen molar-refractivity contribution in [1.82, 2.24) is 10.6 Å². The highest BCUT2D eigenvalue weighted by Gasteiger charge is 2.40. The number of halogens is 4. The lowest BCUT2D eigenvalue weighted by Crippen LogP contribution is -2.52. The third kappa shape index (κ3) is 3.98. The number of benzene rings is 1. The quantitative estimate of drug-likeness (QED) is 0.762. The predicted molar refractivity (Wildman–Crippen MR) is 84.4 cm³/mol. The summed E-state index contributed by atoms with van der Waals surface area (Å²) in [4.78, 5) is 12.0. The van der Waals surface area contributed by atoms with Crippen LogP contribution >= 0.6 is 12.4 Å². The van der Waals surface area contributed by atoms with Crippen LogP contribution < -0.4 is 16.4 Å². The first kappa shape index (κ1) is 20.2. The van der Waals surface area contributed by atoms with Crippen molar-refractivity contribution >= 4 is 18.3 Å². The summed E-state index contributed by atoms with van der Waals surface area (Å²) in [6.07, 6.45) is -4.06. The van der Waals surface area contributed by atoms with E-state index in [9.17, 15) is 23.2 Å². The molecule has 24 heavy (non-hydrogen) atoms. The van der Waals surface area contributed by atoms with Gasteiger partial charge in [0.25, 0.3) is 0 Å². The van der Waals surface area contributed by atoms with Gasteiger partial charge in [0.2, 0.25) is 5.91 Å². The topological polar surface area (TPSA) is 90.9 Å². The molecule has 1 aliphatic heterocycles. The molecular formula is C15H18ClF3N4O. The van der Waals surface area contributed by atoms with Crippen LogP contribution in [0.5, 0.6) is 0 Å². The summed E-state index contributed by atoms with van der Waals surface area (Å²) < 4.78 is 38.4. The van der Waals surface area contributed by atoms with Gasteiger partial charge in [0, 0.05) is 6.54 Å². The Balaban J connectivity index is 0.00000288. The number of carbonyl (C=O) groups excluding carboxylic acids is 1. The predicted octanol–water partition coefficient (Wildman–Crippen LogP) is 1.65. The van der Waals surface area contributed by atoms with Crippen molar-refractivity contribution in [2.75, 3.05) is 13.1 Å². The molecule has 9 heteroatoms. The molecule has 0 unspecified atom stereocenters. The maximum atomic E-state index is 12.8. The maximum absolute atomic E-state index is 12.8. The van der Waals surface area contributed by atoms with Crippen LogP contribution in [0.3, 0.4) is 0 Å². The second-order valence-electron chi connectivity index (χ2n) is 5.66. The van der Waals surface area contributed by atoms with Gasteiger partial charge in [-0.2, -0.15) is 18.4 Å². The van der Waals surface area contributed by atoms with Crippen molar-refractivity contribution in [3.8, 4) is 6.07 Å². The second kappa shape index (κ2) is 7.38. The van der Waals surface area contributed by atoms with E-state index < -0.39 is 29.2 Å². The van der Waals surface area contributed by atoms with E-state index in [1.54, 1.807) is 6.07 Å². The van der Waals surface area contributed by atoms with Crippen molar-refractivity contribution in [3.05, 3.63) is 34.9 Å². The Bertz CT molecular complexity index is 649. The average Bonchev–Trinajstić information content (AvgIpc) is 2.95. The number of carbonyl (C=O) groups is 1. The Morgan fingerprint density at radius 3 is 2.62 bits per heavy atom. The molecule has 0 aromatic heterocycles. The molecule has 1 aliphatic rings. The van der Waals surface area contributed by atoms with E-state index in [0.29, 0.717) is 25.1 Å². The molecule has 0 radical (unpaired) electrons. The number of nitrogens with zero attached hydrogens (tertiary/aromatic N) is 1. The molecule has 5 nitrogen and oxygen atoms in total. The number of nitrogens with two attached hydrogens (primary N) is 1. The summed E-state index contributed by atoms with van der Waals surface area (Å²) >= 11 is 0. The zero-order valence-electron chi connectivity index (χ0n) is 12.9. The van der Waals surface area contributed by atoms with E-state index >= 15 is 0 Å². The second-order valence-corrected chi connectivity index (χ2v) is 5.66. The molecule has 1 aromatic rings. The maximum Gasteiger partial charge on any atom is 0.416 e. The lowest BCUT2D eigenvalue weighted by atomic mass is 9.84. The Hall–Kier alpha value is -1.82. The van der Waals surface area contributed by atoms with Gasteiger partial charge in [-0.3, -0.25) is 4.79 Å². The monoisotopic (exact) mass is 362 g/mol. The highest BCUT2D eigenvalue weighted by atomic mass is 35.5. The first-order valence-electron chi connectivity index (χ1n) is 7.10. The summed E-state index contributed by atoms with van der Waals surface area (Å²) in [5, 5.41) is 15.1. The van der Waals surface area contributed by atoms with Gasteiger partial charge in [-0.15, -0.1) is 12.4 Å². The fourth-order valence-electron chi connectivity index (χ4n) is 2.68. The van der Waals surface area contributed by atoms with E-state index in [4.69, 9.17) is 5.73 Å². The van der Waals surface area contributed by atoms with Gasteiger partial charge in [-0.1, -0.05) is 6.07 Å². The smallest absolute Gasteiger partial charge is 0.344 e. The van der Waals surface area contributed by atoms with Crippen LogP contribution in [0.25, 0.3) is 0 Å². The zero-order valence-corrected chi connectivity index (χ0v) is 13.7. The van der Waals surface area contributed by atoms with Gasteiger partial charge < -0.3 is 16.4 Å². The summed E-state index contributed by atoms with van der Waals surface area (Å²) in [5.41, 5.74) is 4.00. The molecule has 1 saturated heterocycles. The number of hydrogen-bond donors (Lipinski definition) is 3. The van der Waals surface area contributed by atoms with Gasteiger partial charge in [0.05, 0.1) is 28.8 Å². The Kier molecular flexibility index (Phi) is 6.22. The first-order valence-corrected chi connectivity index (χ1v) is 7.10. The largest absolute Gasteiger partial charge is 0.416 e. The Labute approximate surface area is 143 Å². The minimum atomic E-state index is -4.53. The lowest BCUT2D eigenvalue weighted by molar-refractivity contribution is -0.137. The van der Waals surface area contributed by atoms with Crippen molar-refractivity contribution in [1.29, 1.82) is 5.26 Å². The van der Waals surface area contributed by atoms with Gasteiger partial charge in [-0.05, 0) is 37.6 Å². The molecule has 4 N–H and O–H groups in total. The van der Waals surface area contributed by atoms with Gasteiger partial charge >= 0.3 is 6.18 Å². The number of nitriles is 1. The Morgan fingerprint density at radius 2 is 2.17 bits per heavy atom. The molecule has 1 fully saturated rings. The van der Waals surface area contributed by atoms with Crippen LogP contribution in [-0.4, -0.2) is 25.0 Å². The normalized spacial score (nSPS) is 21.5. The Morgan fingerprint density at radius 1 is 1.50 bits per heavy atom. The summed E-state index contributed by atoms with van der Waals surface area (Å²) in [6, 6.07) is 4.04. The fraction of sp³-hybridized carbons (Fsp3) is 0.467. The molecule has 0 bridgehead atoms. The van der Waals surface area contributed by atoms with Crippen molar-refractivity contribution in [3.63, 3.8) is 0 Å². The van der Waals surface area contributed by atoms with Crippen molar-refractivity contribution < 1.29 is 18.0 Å². The molecule has 0 aliphatic carbocycles. The highest BCUT2D eigenvalue weighted by Crippen LogP contribution is 2.35. The van der Waals surface area contributed by atoms with Crippen LogP contribution in [0.15, 0.2) is 18.2 Å². The number of hydrogen-bond acceptors (Lipinski definition) is 4. The molecule has 0 spiro atoms. The highest BCUT2D eigenvalue weighted by molar-refractivity contribution is 5.85. The van der Waals surface area contributed by atoms with Crippen LogP contribution in [0, 0.1) is 11.3 Å². The number of alkyl halides is 3. The number of nitrogens with one attached hydrogen (secondary N) is 2. The lowest BCUT2D eigenvalue weighted by Gasteiger charge is -2.32. The summed E-state index contributed by atoms with van der Waals surface area (Å²) in [7, 11) is 0. The molecule has 1 amide bonds. The molecule has 2 rings (SSSR count). The van der Waals surface area contributed by atoms with Gasteiger partial charge in [0.1, 0.15) is 0 Å². The minimum absolute atomic E-state index is 0. The molecular weight excluding hydrogens is 345 g/mol. The van der Waals surface area contributed by atoms with E-state index in [1.165, 1.54) is 13.0 Å². The third-order valence-electron chi connectivity index (χ3n) is 3.91. The van der Waals surface area contributed by atoms with E-state index in [1.807, 2.05) is 0 Å². The summed E-state index contributed by atoms with van der Waals surface area (Å²) in [6.45, 7) is 2.42. The average molecular weight is 363 g/mol. The zero-order chi connectivity index (χ0) is 17.3. The first-order chi connectivity index (χ1) is 10.7. The molecule has 132 valence electrons. The molecule has 1 heterocycles. The minimum Gasteiger partial charge on any atom is -0.344 e. The van der Waals surface area contributed by atoms with Gasteiger partial charge in [-0.25, -0.2) is 0 Å². The molecule has 0 saturated carbocycles. The van der Waals surface area contributed by atoms with E-state index in [0.717, 1.165) is 12.1 Å². The van der Waals surface area contributed by atoms with Crippen LogP contribution in [0.1, 0.15) is 30.0 Å². The number of amides is 1. The van der Waals surface area contributed by atoms with E-state index in [2.05, 4.69) is 10.6 Å². The standard InChI is InChI=1S/C15H17F3N4O.ClH/c1-9(20)13(23)22-14(4-5-21-8-14)12-3-2-11(15(16,17)18)6-10(12)7-19;/h2-3,6,9,21H,4-5,8,20H2,1H3,(H,22,23);1H/t9-,14+;/m0./s1.